The van der Waals surface area contributed by atoms with E-state index in [0.29, 0.717) is 17.8 Å². The predicted molar refractivity (Wildman–Crippen MR) is 147 cm³/mol. The van der Waals surface area contributed by atoms with Crippen molar-refractivity contribution in [2.75, 3.05) is 7.11 Å². The van der Waals surface area contributed by atoms with Crippen LogP contribution in [-0.4, -0.2) is 25.2 Å². The third-order valence-electron chi connectivity index (χ3n) is 13.4. The second kappa shape index (κ2) is 8.34. The van der Waals surface area contributed by atoms with E-state index in [9.17, 15) is 9.59 Å². The summed E-state index contributed by atoms with van der Waals surface area (Å²) in [6.07, 6.45) is 13.4. The normalized spacial score (nSPS) is 47.8. The Hall–Kier alpha value is -1.32. The lowest BCUT2D eigenvalue weighted by molar-refractivity contribution is -0.219. The summed E-state index contributed by atoms with van der Waals surface area (Å²) in [7, 11) is 1.60. The highest BCUT2D eigenvalue weighted by molar-refractivity contribution is 5.77. The van der Waals surface area contributed by atoms with Crippen LogP contribution in [0.1, 0.15) is 120 Å². The summed E-state index contributed by atoms with van der Waals surface area (Å²) < 4.78 is 11.4. The zero-order valence-corrected chi connectivity index (χ0v) is 25.1. The maximum Gasteiger partial charge on any atom is 0.312 e. The average molecular weight is 513 g/mol. The minimum atomic E-state index is -0.290. The number of hydrogen-bond donors (Lipinski definition) is 0. The van der Waals surface area contributed by atoms with Gasteiger partial charge in [0.2, 0.25) is 0 Å². The Labute approximate surface area is 225 Å². The van der Waals surface area contributed by atoms with E-state index in [1.165, 1.54) is 18.4 Å². The Morgan fingerprint density at radius 3 is 2.16 bits per heavy atom. The molecule has 5 aliphatic rings. The minimum absolute atomic E-state index is 0.0413. The van der Waals surface area contributed by atoms with Crippen LogP contribution in [0.3, 0.4) is 0 Å². The molecule has 0 N–H and O–H groups in total. The van der Waals surface area contributed by atoms with Gasteiger partial charge in [-0.25, -0.2) is 0 Å². The molecule has 5 aliphatic carbocycles. The van der Waals surface area contributed by atoms with Gasteiger partial charge in [0.05, 0.1) is 12.5 Å². The van der Waals surface area contributed by atoms with Crippen LogP contribution in [0, 0.1) is 50.2 Å². The van der Waals surface area contributed by atoms with Gasteiger partial charge in [-0.05, 0) is 104 Å². The fraction of sp³-hybridized carbons (Fsp3) is 0.879. The Morgan fingerprint density at radius 2 is 1.51 bits per heavy atom. The fourth-order valence-corrected chi connectivity index (χ4v) is 11.3. The highest BCUT2D eigenvalue weighted by Gasteiger charge is 2.70. The van der Waals surface area contributed by atoms with E-state index in [2.05, 4.69) is 54.5 Å². The molecule has 208 valence electrons. The molecule has 4 nitrogen and oxygen atoms in total. The number of allylic oxidation sites excluding steroid dienone is 1. The van der Waals surface area contributed by atoms with E-state index in [1.54, 1.807) is 14.0 Å². The molecule has 0 aromatic rings. The van der Waals surface area contributed by atoms with E-state index in [-0.39, 0.29) is 50.5 Å². The standard InChI is InChI=1S/C33H52O4/c1-21(34)37-26-13-14-30(6)24(29(26,4)5)12-15-32(8)25(30)11-10-22-23-20-28(2,3)16-18-33(23,27(35)36-9)19-17-31(22,32)7/h12,22-23,25-26H,10-11,13-20H2,1-9H3/t22-,23-,25-,26+,30+,31-,32-,33+/m1/s1. The molecule has 0 bridgehead atoms. The number of esters is 2. The second-order valence-electron chi connectivity index (χ2n) is 15.8. The molecule has 0 aromatic carbocycles. The molecule has 0 saturated heterocycles. The SMILES string of the molecule is COC(=O)[C@]12CCC(C)(C)C[C@@H]1[C@H]1CC[C@@H]3[C@@]4(C)CC[C@H](OC(C)=O)C(C)(C)C4=CC[C@@]3(C)[C@]1(C)CC2. The Bertz CT molecular complexity index is 1010. The van der Waals surface area contributed by atoms with Crippen LogP contribution in [0.25, 0.3) is 0 Å². The van der Waals surface area contributed by atoms with E-state index >= 15 is 0 Å². The zero-order valence-electron chi connectivity index (χ0n) is 25.1. The zero-order chi connectivity index (χ0) is 27.2. The van der Waals surface area contributed by atoms with E-state index in [4.69, 9.17) is 9.47 Å². The number of methoxy groups -OCH3 is 1. The summed E-state index contributed by atoms with van der Waals surface area (Å²) in [6, 6.07) is 0. The van der Waals surface area contributed by atoms with Gasteiger partial charge < -0.3 is 9.47 Å². The molecule has 0 amide bonds. The molecule has 37 heavy (non-hydrogen) atoms. The molecule has 4 fully saturated rings. The number of ether oxygens (including phenoxy) is 2. The molecular weight excluding hydrogens is 460 g/mol. The van der Waals surface area contributed by atoms with E-state index < -0.39 is 0 Å². The largest absolute Gasteiger partial charge is 0.469 e. The molecule has 8 atom stereocenters. The van der Waals surface area contributed by atoms with Gasteiger partial charge in [0, 0.05) is 12.3 Å². The van der Waals surface area contributed by atoms with Gasteiger partial charge in [-0.1, -0.05) is 60.1 Å². The minimum Gasteiger partial charge on any atom is -0.469 e. The van der Waals surface area contributed by atoms with Gasteiger partial charge in [-0.2, -0.15) is 0 Å². The molecule has 0 spiro atoms. The average Bonchev–Trinajstić information content (AvgIpc) is 2.80. The Balaban J connectivity index is 1.55. The lowest BCUT2D eigenvalue weighted by Gasteiger charge is -2.71. The first-order valence-electron chi connectivity index (χ1n) is 15.0. The summed E-state index contributed by atoms with van der Waals surface area (Å²) in [5.74, 6) is 1.48. The van der Waals surface area contributed by atoms with Crippen LogP contribution in [0.15, 0.2) is 11.6 Å². The lowest BCUT2D eigenvalue weighted by atomic mass is 9.33. The lowest BCUT2D eigenvalue weighted by Crippen LogP contribution is -2.65. The summed E-state index contributed by atoms with van der Waals surface area (Å²) in [6.45, 7) is 18.7. The predicted octanol–water partition coefficient (Wildman–Crippen LogP) is 7.89. The number of rotatable bonds is 2. The van der Waals surface area contributed by atoms with Crippen LogP contribution in [0.5, 0.6) is 0 Å². The molecule has 4 saturated carbocycles. The summed E-state index contributed by atoms with van der Waals surface area (Å²) in [5, 5.41) is 0. The highest BCUT2D eigenvalue weighted by Crippen LogP contribution is 2.76. The van der Waals surface area contributed by atoms with Gasteiger partial charge in [0.25, 0.3) is 0 Å². The van der Waals surface area contributed by atoms with Crippen molar-refractivity contribution < 1.29 is 19.1 Å². The molecule has 0 radical (unpaired) electrons. The maximum atomic E-state index is 13.4. The molecular formula is C33H52O4. The first-order valence-corrected chi connectivity index (χ1v) is 15.0. The smallest absolute Gasteiger partial charge is 0.312 e. The van der Waals surface area contributed by atoms with Gasteiger partial charge in [-0.3, -0.25) is 9.59 Å². The first kappa shape index (κ1) is 27.3. The van der Waals surface area contributed by atoms with Crippen molar-refractivity contribution in [3.63, 3.8) is 0 Å². The quantitative estimate of drug-likeness (QED) is 0.279. The van der Waals surface area contributed by atoms with Crippen molar-refractivity contribution in [3.05, 3.63) is 11.6 Å². The first-order chi connectivity index (χ1) is 17.1. The third-order valence-corrected chi connectivity index (χ3v) is 13.4. The molecule has 0 heterocycles. The summed E-state index contributed by atoms with van der Waals surface area (Å²) >= 11 is 0. The third kappa shape index (κ3) is 3.58. The monoisotopic (exact) mass is 512 g/mol. The number of carbonyl (C=O) groups is 2. The van der Waals surface area contributed by atoms with Crippen molar-refractivity contribution in [2.45, 2.75) is 126 Å². The Morgan fingerprint density at radius 1 is 0.838 bits per heavy atom. The van der Waals surface area contributed by atoms with Gasteiger partial charge >= 0.3 is 11.9 Å². The van der Waals surface area contributed by atoms with Gasteiger partial charge in [0.1, 0.15) is 6.10 Å². The topological polar surface area (TPSA) is 52.6 Å². The van der Waals surface area contributed by atoms with Crippen molar-refractivity contribution in [1.29, 1.82) is 0 Å². The van der Waals surface area contributed by atoms with Crippen LogP contribution in [0.2, 0.25) is 0 Å². The van der Waals surface area contributed by atoms with Crippen LogP contribution in [-0.2, 0) is 19.1 Å². The summed E-state index contributed by atoms with van der Waals surface area (Å²) in [5.41, 5.74) is 1.90. The van der Waals surface area contributed by atoms with E-state index in [0.717, 1.165) is 51.4 Å². The second-order valence-corrected chi connectivity index (χ2v) is 15.8. The van der Waals surface area contributed by atoms with Crippen LogP contribution < -0.4 is 0 Å². The van der Waals surface area contributed by atoms with Crippen LogP contribution in [0.4, 0.5) is 0 Å². The maximum absolute atomic E-state index is 13.4. The van der Waals surface area contributed by atoms with Crippen molar-refractivity contribution in [3.8, 4) is 0 Å². The number of carbonyl (C=O) groups excluding carboxylic acids is 2. The van der Waals surface area contributed by atoms with Gasteiger partial charge in [0.15, 0.2) is 0 Å². The fourth-order valence-electron chi connectivity index (χ4n) is 11.3. The van der Waals surface area contributed by atoms with Crippen molar-refractivity contribution in [2.24, 2.45) is 50.2 Å². The van der Waals surface area contributed by atoms with Crippen LogP contribution >= 0.6 is 0 Å². The molecule has 5 rings (SSSR count). The van der Waals surface area contributed by atoms with E-state index in [1.807, 2.05) is 0 Å². The van der Waals surface area contributed by atoms with Crippen molar-refractivity contribution in [1.82, 2.24) is 0 Å². The number of hydrogen-bond acceptors (Lipinski definition) is 4. The van der Waals surface area contributed by atoms with Crippen molar-refractivity contribution >= 4 is 11.9 Å². The number of fused-ring (bicyclic) bond motifs is 7. The molecule has 0 unspecified atom stereocenters. The molecule has 0 aliphatic heterocycles. The highest BCUT2D eigenvalue weighted by atomic mass is 16.5. The molecule has 4 heteroatoms. The molecule has 0 aromatic heterocycles. The van der Waals surface area contributed by atoms with Gasteiger partial charge in [-0.15, -0.1) is 0 Å². The Kier molecular flexibility index (Phi) is 6.14. The summed E-state index contributed by atoms with van der Waals surface area (Å²) in [4.78, 5) is 25.3.